The number of H-pyrrole nitrogens is 1. The number of carbonyl (C=O) groups excluding carboxylic acids is 2. The first-order valence-electron chi connectivity index (χ1n) is 10.4. The van der Waals surface area contributed by atoms with E-state index < -0.39 is 11.8 Å². The molecule has 1 fully saturated rings. The molecule has 0 aliphatic carbocycles. The summed E-state index contributed by atoms with van der Waals surface area (Å²) in [5.41, 5.74) is 1.46. The minimum Gasteiger partial charge on any atom is -0.337 e. The first-order valence-corrected chi connectivity index (χ1v) is 10.4. The SMILES string of the molecule is Cc1cccc(NC(=O)[C@H]2CC(=O)Nc3nc(N4[C@H](C)CCC[C@@H]4C)[nH]c(=O)c32)c1. The van der Waals surface area contributed by atoms with Gasteiger partial charge in [-0.05, 0) is 57.7 Å². The van der Waals surface area contributed by atoms with Gasteiger partial charge in [0.05, 0.1) is 11.5 Å². The van der Waals surface area contributed by atoms with Gasteiger partial charge in [0.25, 0.3) is 5.56 Å². The van der Waals surface area contributed by atoms with Gasteiger partial charge in [-0.2, -0.15) is 4.98 Å². The lowest BCUT2D eigenvalue weighted by Gasteiger charge is -2.39. The number of hydrogen-bond acceptors (Lipinski definition) is 5. The second-order valence-corrected chi connectivity index (χ2v) is 8.35. The van der Waals surface area contributed by atoms with Crippen LogP contribution >= 0.6 is 0 Å². The molecule has 0 radical (unpaired) electrons. The number of fused-ring (bicyclic) bond motifs is 1. The average Bonchev–Trinajstić information content (AvgIpc) is 2.67. The molecular formula is C22H27N5O3. The van der Waals surface area contributed by atoms with E-state index >= 15 is 0 Å². The van der Waals surface area contributed by atoms with Gasteiger partial charge in [0.2, 0.25) is 17.8 Å². The minimum absolute atomic E-state index is 0.0920. The summed E-state index contributed by atoms with van der Waals surface area (Å²) in [6.07, 6.45) is 3.06. The number of aromatic amines is 1. The molecule has 158 valence electrons. The summed E-state index contributed by atoms with van der Waals surface area (Å²) in [6.45, 7) is 6.13. The molecule has 0 spiro atoms. The summed E-state index contributed by atoms with van der Waals surface area (Å²) in [5.74, 6) is -0.985. The van der Waals surface area contributed by atoms with E-state index in [9.17, 15) is 14.4 Å². The second-order valence-electron chi connectivity index (χ2n) is 8.35. The number of aromatic nitrogens is 2. The van der Waals surface area contributed by atoms with Gasteiger partial charge >= 0.3 is 0 Å². The van der Waals surface area contributed by atoms with Crippen LogP contribution in [0.3, 0.4) is 0 Å². The molecule has 2 aliphatic rings. The monoisotopic (exact) mass is 409 g/mol. The highest BCUT2D eigenvalue weighted by Gasteiger charge is 2.36. The van der Waals surface area contributed by atoms with Gasteiger partial charge in [-0.25, -0.2) is 0 Å². The van der Waals surface area contributed by atoms with Crippen molar-refractivity contribution in [3.05, 3.63) is 45.7 Å². The number of carbonyl (C=O) groups is 2. The largest absolute Gasteiger partial charge is 0.337 e. The minimum atomic E-state index is -0.893. The van der Waals surface area contributed by atoms with Crippen LogP contribution in [0.5, 0.6) is 0 Å². The summed E-state index contributed by atoms with van der Waals surface area (Å²) in [4.78, 5) is 47.8. The molecule has 1 saturated heterocycles. The number of nitrogens with zero attached hydrogens (tertiary/aromatic N) is 2. The second kappa shape index (κ2) is 7.93. The number of benzene rings is 1. The van der Waals surface area contributed by atoms with Crippen LogP contribution in [0.4, 0.5) is 17.5 Å². The molecule has 8 heteroatoms. The zero-order valence-electron chi connectivity index (χ0n) is 17.5. The predicted octanol–water partition coefficient (Wildman–Crippen LogP) is 2.91. The topological polar surface area (TPSA) is 107 Å². The Morgan fingerprint density at radius 3 is 2.63 bits per heavy atom. The molecule has 3 heterocycles. The molecule has 3 atom stereocenters. The Morgan fingerprint density at radius 1 is 1.20 bits per heavy atom. The molecule has 8 nitrogen and oxygen atoms in total. The van der Waals surface area contributed by atoms with Gasteiger partial charge in [-0.1, -0.05) is 12.1 Å². The molecule has 30 heavy (non-hydrogen) atoms. The molecule has 2 aromatic rings. The van der Waals surface area contributed by atoms with Crippen LogP contribution < -0.4 is 21.1 Å². The van der Waals surface area contributed by atoms with Crippen molar-refractivity contribution in [1.29, 1.82) is 0 Å². The molecule has 1 aromatic carbocycles. The highest BCUT2D eigenvalue weighted by atomic mass is 16.2. The van der Waals surface area contributed by atoms with Gasteiger partial charge in [0.15, 0.2) is 0 Å². The summed E-state index contributed by atoms with van der Waals surface area (Å²) >= 11 is 0. The summed E-state index contributed by atoms with van der Waals surface area (Å²) in [5, 5.41) is 5.51. The lowest BCUT2D eigenvalue weighted by Crippen LogP contribution is -2.46. The summed E-state index contributed by atoms with van der Waals surface area (Å²) in [6, 6.07) is 7.85. The number of anilines is 3. The average molecular weight is 409 g/mol. The predicted molar refractivity (Wildman–Crippen MR) is 116 cm³/mol. The van der Waals surface area contributed by atoms with E-state index in [2.05, 4.69) is 39.3 Å². The number of piperidine rings is 1. The van der Waals surface area contributed by atoms with E-state index in [4.69, 9.17) is 0 Å². The molecular weight excluding hydrogens is 382 g/mol. The number of nitrogens with one attached hydrogen (secondary N) is 3. The van der Waals surface area contributed by atoms with Crippen molar-refractivity contribution in [3.8, 4) is 0 Å². The Kier molecular flexibility index (Phi) is 5.32. The lowest BCUT2D eigenvalue weighted by molar-refractivity contribution is -0.123. The molecule has 2 aliphatic heterocycles. The zero-order valence-corrected chi connectivity index (χ0v) is 17.5. The highest BCUT2D eigenvalue weighted by molar-refractivity contribution is 6.04. The van der Waals surface area contributed by atoms with E-state index in [1.54, 1.807) is 6.07 Å². The van der Waals surface area contributed by atoms with Gasteiger partial charge in [-0.3, -0.25) is 19.4 Å². The Labute approximate surface area is 175 Å². The van der Waals surface area contributed by atoms with Gasteiger partial charge in [-0.15, -0.1) is 0 Å². The van der Waals surface area contributed by atoms with Crippen molar-refractivity contribution in [2.45, 2.75) is 64.5 Å². The summed E-state index contributed by atoms with van der Waals surface area (Å²) in [7, 11) is 0. The molecule has 0 bridgehead atoms. The van der Waals surface area contributed by atoms with Crippen molar-refractivity contribution in [2.75, 3.05) is 15.5 Å². The van der Waals surface area contributed by atoms with Crippen molar-refractivity contribution in [1.82, 2.24) is 9.97 Å². The standard InChI is InChI=1S/C22H27N5O3/c1-12-6-4-9-15(10-12)23-20(29)16-11-17(28)24-19-18(16)21(30)26-22(25-19)27-13(2)7-5-8-14(27)3/h4,6,9-10,13-14,16H,5,7-8,11H2,1-3H3,(H,23,29)(H2,24,25,26,28,30)/t13-,14+,16-/m0/s1. The van der Waals surface area contributed by atoms with Crippen LogP contribution in [0.1, 0.15) is 56.6 Å². The van der Waals surface area contributed by atoms with E-state index in [1.165, 1.54) is 0 Å². The van der Waals surface area contributed by atoms with Crippen LogP contribution in [0.25, 0.3) is 0 Å². The van der Waals surface area contributed by atoms with Crippen molar-refractivity contribution < 1.29 is 9.59 Å². The third-order valence-corrected chi connectivity index (χ3v) is 5.98. The van der Waals surface area contributed by atoms with Crippen LogP contribution in [0.2, 0.25) is 0 Å². The number of aryl methyl sites for hydroxylation is 1. The van der Waals surface area contributed by atoms with E-state index in [0.717, 1.165) is 24.8 Å². The smallest absolute Gasteiger partial charge is 0.258 e. The van der Waals surface area contributed by atoms with Crippen LogP contribution in [-0.2, 0) is 9.59 Å². The Morgan fingerprint density at radius 2 is 1.93 bits per heavy atom. The lowest BCUT2D eigenvalue weighted by atomic mass is 9.92. The maximum Gasteiger partial charge on any atom is 0.258 e. The van der Waals surface area contributed by atoms with Gasteiger partial charge in [0, 0.05) is 24.2 Å². The fourth-order valence-electron chi connectivity index (χ4n) is 4.50. The zero-order chi connectivity index (χ0) is 21.4. The first kappa shape index (κ1) is 20.1. The molecule has 1 aromatic heterocycles. The fourth-order valence-corrected chi connectivity index (χ4v) is 4.50. The summed E-state index contributed by atoms with van der Waals surface area (Å²) < 4.78 is 0. The maximum atomic E-state index is 13.0. The van der Waals surface area contributed by atoms with Gasteiger partial charge in [0.1, 0.15) is 5.82 Å². The Hall–Kier alpha value is -3.16. The normalized spacial score (nSPS) is 23.5. The fraction of sp³-hybridized carbons (Fsp3) is 0.455. The van der Waals surface area contributed by atoms with Crippen LogP contribution in [-0.4, -0.2) is 33.9 Å². The number of hydrogen-bond donors (Lipinski definition) is 3. The third-order valence-electron chi connectivity index (χ3n) is 5.98. The van der Waals surface area contributed by atoms with Crippen molar-refractivity contribution >= 4 is 29.3 Å². The van der Waals surface area contributed by atoms with Crippen LogP contribution in [0.15, 0.2) is 29.1 Å². The van der Waals surface area contributed by atoms with E-state index in [0.29, 0.717) is 11.6 Å². The molecule has 0 unspecified atom stereocenters. The van der Waals surface area contributed by atoms with Crippen molar-refractivity contribution in [3.63, 3.8) is 0 Å². The van der Waals surface area contributed by atoms with Gasteiger partial charge < -0.3 is 15.5 Å². The third kappa shape index (κ3) is 3.81. The first-order chi connectivity index (χ1) is 14.3. The van der Waals surface area contributed by atoms with E-state index in [1.807, 2.05) is 25.1 Å². The Balaban J connectivity index is 1.68. The molecule has 3 N–H and O–H groups in total. The quantitative estimate of drug-likeness (QED) is 0.723. The number of amides is 2. The van der Waals surface area contributed by atoms with E-state index in [-0.39, 0.29) is 41.4 Å². The molecule has 2 amide bonds. The Bertz CT molecular complexity index is 1040. The van der Waals surface area contributed by atoms with Crippen molar-refractivity contribution in [2.24, 2.45) is 0 Å². The maximum absolute atomic E-state index is 13.0. The molecule has 4 rings (SSSR count). The molecule has 0 saturated carbocycles. The van der Waals surface area contributed by atoms with Crippen LogP contribution in [0, 0.1) is 6.92 Å². The number of rotatable bonds is 3. The highest BCUT2D eigenvalue weighted by Crippen LogP contribution is 2.32.